The van der Waals surface area contributed by atoms with Crippen LogP contribution in [0.1, 0.15) is 6.92 Å². The van der Waals surface area contributed by atoms with Gasteiger partial charge in [0.2, 0.25) is 0 Å². The molecular formula is C14H16. The molecule has 14 heavy (non-hydrogen) atoms. The highest BCUT2D eigenvalue weighted by Gasteiger charge is 2.01. The van der Waals surface area contributed by atoms with E-state index in [1.165, 1.54) is 5.57 Å². The molecule has 0 bridgehead atoms. The van der Waals surface area contributed by atoms with E-state index in [0.29, 0.717) is 5.92 Å². The van der Waals surface area contributed by atoms with Crippen LogP contribution in [0.3, 0.4) is 0 Å². The summed E-state index contributed by atoms with van der Waals surface area (Å²) in [6, 6.07) is 0. The van der Waals surface area contributed by atoms with Crippen molar-refractivity contribution in [2.45, 2.75) is 6.92 Å². The smallest absolute Gasteiger partial charge is 0.00696 e. The molecule has 0 aromatic rings. The van der Waals surface area contributed by atoms with Gasteiger partial charge >= 0.3 is 0 Å². The third-order valence-corrected chi connectivity index (χ3v) is 2.09. The molecule has 0 saturated heterocycles. The monoisotopic (exact) mass is 184 g/mol. The van der Waals surface area contributed by atoms with Gasteiger partial charge in [-0.25, -0.2) is 0 Å². The second-order valence-corrected chi connectivity index (χ2v) is 3.29. The summed E-state index contributed by atoms with van der Waals surface area (Å²) in [6.45, 7) is 9.66. The summed E-state index contributed by atoms with van der Waals surface area (Å²) in [4.78, 5) is 0. The van der Waals surface area contributed by atoms with Crippen molar-refractivity contribution in [3.05, 3.63) is 72.9 Å². The van der Waals surface area contributed by atoms with Crippen LogP contribution in [0.4, 0.5) is 0 Å². The fourth-order valence-electron chi connectivity index (χ4n) is 1.39. The van der Waals surface area contributed by atoms with Gasteiger partial charge in [0.05, 0.1) is 0 Å². The molecule has 1 unspecified atom stereocenters. The highest BCUT2D eigenvalue weighted by Crippen LogP contribution is 2.18. The largest absolute Gasteiger partial charge is 0.0990 e. The van der Waals surface area contributed by atoms with Crippen molar-refractivity contribution < 1.29 is 0 Å². The Kier molecular flexibility index (Phi) is 3.93. The maximum Gasteiger partial charge on any atom is -0.00696 e. The number of rotatable bonds is 3. The van der Waals surface area contributed by atoms with Crippen molar-refractivity contribution in [2.24, 2.45) is 5.92 Å². The SMILES string of the molecule is C=C/C=C(\C=C)C1=CC(C)C=CC=C1. The van der Waals surface area contributed by atoms with Gasteiger partial charge in [-0.15, -0.1) is 0 Å². The van der Waals surface area contributed by atoms with Gasteiger partial charge in [-0.1, -0.05) is 68.7 Å². The molecule has 0 heteroatoms. The van der Waals surface area contributed by atoms with Crippen molar-refractivity contribution in [3.63, 3.8) is 0 Å². The van der Waals surface area contributed by atoms with Crippen molar-refractivity contribution in [3.8, 4) is 0 Å². The molecule has 0 saturated carbocycles. The van der Waals surface area contributed by atoms with Crippen LogP contribution in [0.5, 0.6) is 0 Å². The summed E-state index contributed by atoms with van der Waals surface area (Å²) in [5.74, 6) is 0.466. The second-order valence-electron chi connectivity index (χ2n) is 3.29. The fourth-order valence-corrected chi connectivity index (χ4v) is 1.39. The van der Waals surface area contributed by atoms with Gasteiger partial charge < -0.3 is 0 Å². The molecular weight excluding hydrogens is 168 g/mol. The molecule has 1 atom stereocenters. The van der Waals surface area contributed by atoms with Crippen molar-refractivity contribution in [1.29, 1.82) is 0 Å². The predicted octanol–water partition coefficient (Wildman–Crippen LogP) is 3.97. The average Bonchev–Trinajstić information content (AvgIpc) is 2.39. The number of hydrogen-bond donors (Lipinski definition) is 0. The third-order valence-electron chi connectivity index (χ3n) is 2.09. The summed E-state index contributed by atoms with van der Waals surface area (Å²) in [6.07, 6.45) is 16.2. The Hall–Kier alpha value is -1.56. The van der Waals surface area contributed by atoms with Crippen molar-refractivity contribution in [2.75, 3.05) is 0 Å². The first kappa shape index (κ1) is 10.5. The second kappa shape index (κ2) is 5.23. The zero-order chi connectivity index (χ0) is 10.4. The van der Waals surface area contributed by atoms with Gasteiger partial charge in [-0.05, 0) is 17.1 Å². The lowest BCUT2D eigenvalue weighted by atomic mass is 10.0. The third kappa shape index (κ3) is 2.74. The quantitative estimate of drug-likeness (QED) is 0.582. The standard InChI is InChI=1S/C14H16/c1-4-8-13(5-2)14-10-7-6-9-12(3)11-14/h4-12H,1-2H2,3H3/b13-8+. The molecule has 0 nitrogen and oxygen atoms in total. The Labute approximate surface area is 86.3 Å². The van der Waals surface area contributed by atoms with Crippen molar-refractivity contribution in [1.82, 2.24) is 0 Å². The van der Waals surface area contributed by atoms with E-state index < -0.39 is 0 Å². The highest BCUT2D eigenvalue weighted by molar-refractivity contribution is 5.49. The van der Waals surface area contributed by atoms with E-state index >= 15 is 0 Å². The van der Waals surface area contributed by atoms with E-state index in [0.717, 1.165) is 5.57 Å². The van der Waals surface area contributed by atoms with Crippen LogP contribution in [-0.2, 0) is 0 Å². The first-order chi connectivity index (χ1) is 6.77. The molecule has 72 valence electrons. The first-order valence-electron chi connectivity index (χ1n) is 4.80. The van der Waals surface area contributed by atoms with Crippen LogP contribution in [0, 0.1) is 5.92 Å². The lowest BCUT2D eigenvalue weighted by Gasteiger charge is -2.04. The molecule has 0 heterocycles. The fraction of sp³-hybridized carbons (Fsp3) is 0.143. The van der Waals surface area contributed by atoms with Crippen LogP contribution in [0.25, 0.3) is 0 Å². The van der Waals surface area contributed by atoms with E-state index in [1.807, 2.05) is 12.2 Å². The Bertz CT molecular complexity index is 335. The van der Waals surface area contributed by atoms with Crippen LogP contribution in [-0.4, -0.2) is 0 Å². The van der Waals surface area contributed by atoms with Gasteiger partial charge in [0.1, 0.15) is 0 Å². The zero-order valence-electron chi connectivity index (χ0n) is 8.61. The first-order valence-corrected chi connectivity index (χ1v) is 4.80. The van der Waals surface area contributed by atoms with E-state index in [4.69, 9.17) is 0 Å². The minimum absolute atomic E-state index is 0.466. The lowest BCUT2D eigenvalue weighted by molar-refractivity contribution is 0.936. The lowest BCUT2D eigenvalue weighted by Crippen LogP contribution is -1.87. The summed E-state index contributed by atoms with van der Waals surface area (Å²) < 4.78 is 0. The van der Waals surface area contributed by atoms with Gasteiger partial charge in [0.15, 0.2) is 0 Å². The molecule has 0 radical (unpaired) electrons. The summed E-state index contributed by atoms with van der Waals surface area (Å²) >= 11 is 0. The highest BCUT2D eigenvalue weighted by atomic mass is 14.1. The molecule has 0 amide bonds. The van der Waals surface area contributed by atoms with Gasteiger partial charge in [-0.2, -0.15) is 0 Å². The normalized spacial score (nSPS) is 21.4. The maximum atomic E-state index is 3.80. The molecule has 0 spiro atoms. The summed E-state index contributed by atoms with van der Waals surface area (Å²) in [5.41, 5.74) is 2.32. The zero-order valence-corrected chi connectivity index (χ0v) is 8.61. The molecule has 0 aromatic carbocycles. The predicted molar refractivity (Wildman–Crippen MR) is 64.0 cm³/mol. The minimum Gasteiger partial charge on any atom is -0.0990 e. The van der Waals surface area contributed by atoms with Crippen LogP contribution < -0.4 is 0 Å². The van der Waals surface area contributed by atoms with Crippen LogP contribution >= 0.6 is 0 Å². The molecule has 0 N–H and O–H groups in total. The molecule has 1 aliphatic rings. The Morgan fingerprint density at radius 3 is 2.79 bits per heavy atom. The Morgan fingerprint density at radius 1 is 1.36 bits per heavy atom. The summed E-state index contributed by atoms with van der Waals surface area (Å²) in [5, 5.41) is 0. The topological polar surface area (TPSA) is 0 Å². The molecule has 0 aliphatic heterocycles. The Morgan fingerprint density at radius 2 is 2.14 bits per heavy atom. The molecule has 0 fully saturated rings. The molecule has 1 aliphatic carbocycles. The maximum absolute atomic E-state index is 3.80. The minimum atomic E-state index is 0.466. The van der Waals surface area contributed by atoms with Gasteiger partial charge in [-0.3, -0.25) is 0 Å². The number of allylic oxidation sites excluding steroid dienone is 10. The average molecular weight is 184 g/mol. The molecule has 0 aromatic heterocycles. The van der Waals surface area contributed by atoms with Crippen LogP contribution in [0.2, 0.25) is 0 Å². The molecule has 1 rings (SSSR count). The van der Waals surface area contributed by atoms with E-state index in [1.54, 1.807) is 6.08 Å². The number of hydrogen-bond acceptors (Lipinski definition) is 0. The van der Waals surface area contributed by atoms with Gasteiger partial charge in [0.25, 0.3) is 0 Å². The summed E-state index contributed by atoms with van der Waals surface area (Å²) in [7, 11) is 0. The van der Waals surface area contributed by atoms with Gasteiger partial charge in [0, 0.05) is 0 Å². The van der Waals surface area contributed by atoms with Crippen LogP contribution in [0.15, 0.2) is 72.9 Å². The Balaban J connectivity index is 3.01. The van der Waals surface area contributed by atoms with Crippen molar-refractivity contribution >= 4 is 0 Å². The van der Waals surface area contributed by atoms with E-state index in [9.17, 15) is 0 Å². The van der Waals surface area contributed by atoms with E-state index in [2.05, 4.69) is 50.5 Å². The van der Waals surface area contributed by atoms with E-state index in [-0.39, 0.29) is 0 Å².